The summed E-state index contributed by atoms with van der Waals surface area (Å²) in [6.45, 7) is 4.44. The molecule has 1 heteroatoms. The van der Waals surface area contributed by atoms with E-state index in [-0.39, 0.29) is 0 Å². The van der Waals surface area contributed by atoms with Crippen LogP contribution in [0.15, 0.2) is 42.5 Å². The van der Waals surface area contributed by atoms with Crippen LogP contribution in [0.4, 0.5) is 0 Å². The van der Waals surface area contributed by atoms with Crippen LogP contribution in [-0.2, 0) is 13.0 Å². The number of aryl methyl sites for hydroxylation is 1. The lowest BCUT2D eigenvalue weighted by Gasteiger charge is -2.25. The van der Waals surface area contributed by atoms with Crippen LogP contribution in [0.2, 0.25) is 0 Å². The standard InChI is InChI=1S/C17H19N/c1-13-5-3-4-6-17(13)15-7-8-16-12-18(2)10-9-14(16)11-15/h3-8,11H,9-10,12H2,1-2H3. The Balaban J connectivity index is 2.03. The molecule has 92 valence electrons. The van der Waals surface area contributed by atoms with Gasteiger partial charge in [0, 0.05) is 13.1 Å². The van der Waals surface area contributed by atoms with Crippen molar-refractivity contribution in [1.29, 1.82) is 0 Å². The molecule has 1 aliphatic heterocycles. The Hall–Kier alpha value is -1.60. The summed E-state index contributed by atoms with van der Waals surface area (Å²) in [6.07, 6.45) is 1.17. The maximum absolute atomic E-state index is 2.38. The smallest absolute Gasteiger partial charge is 0.0233 e. The van der Waals surface area contributed by atoms with E-state index >= 15 is 0 Å². The van der Waals surface area contributed by atoms with Gasteiger partial charge in [-0.1, -0.05) is 42.5 Å². The van der Waals surface area contributed by atoms with Gasteiger partial charge in [0.15, 0.2) is 0 Å². The van der Waals surface area contributed by atoms with Gasteiger partial charge in [-0.15, -0.1) is 0 Å². The highest BCUT2D eigenvalue weighted by Gasteiger charge is 2.13. The SMILES string of the molecule is Cc1ccccc1-c1ccc2c(c1)CCN(C)C2. The largest absolute Gasteiger partial charge is 0.302 e. The molecule has 0 radical (unpaired) electrons. The Labute approximate surface area is 109 Å². The molecule has 2 aromatic carbocycles. The van der Waals surface area contributed by atoms with Gasteiger partial charge in [-0.3, -0.25) is 0 Å². The maximum Gasteiger partial charge on any atom is 0.0233 e. The zero-order valence-corrected chi connectivity index (χ0v) is 11.1. The second kappa shape index (κ2) is 4.58. The fourth-order valence-electron chi connectivity index (χ4n) is 2.76. The summed E-state index contributed by atoms with van der Waals surface area (Å²) < 4.78 is 0. The van der Waals surface area contributed by atoms with Crippen LogP contribution in [0.1, 0.15) is 16.7 Å². The summed E-state index contributed by atoms with van der Waals surface area (Å²) in [5.41, 5.74) is 7.08. The molecule has 0 spiro atoms. The molecule has 0 amide bonds. The van der Waals surface area contributed by atoms with E-state index in [9.17, 15) is 0 Å². The third-order valence-corrected chi connectivity index (χ3v) is 3.87. The van der Waals surface area contributed by atoms with E-state index in [1.54, 1.807) is 0 Å². The van der Waals surface area contributed by atoms with Crippen molar-refractivity contribution in [3.63, 3.8) is 0 Å². The lowest BCUT2D eigenvalue weighted by atomic mass is 9.93. The molecule has 0 bridgehead atoms. The van der Waals surface area contributed by atoms with Crippen LogP contribution in [0.3, 0.4) is 0 Å². The lowest BCUT2D eigenvalue weighted by molar-refractivity contribution is 0.313. The zero-order chi connectivity index (χ0) is 12.5. The van der Waals surface area contributed by atoms with E-state index in [0.717, 1.165) is 6.54 Å². The first kappa shape index (κ1) is 11.5. The third kappa shape index (κ3) is 2.06. The molecule has 1 heterocycles. The van der Waals surface area contributed by atoms with Crippen molar-refractivity contribution in [2.75, 3.05) is 13.6 Å². The molecule has 0 saturated heterocycles. The summed E-state index contributed by atoms with van der Waals surface area (Å²) >= 11 is 0. The van der Waals surface area contributed by atoms with E-state index in [1.807, 2.05) is 0 Å². The number of likely N-dealkylation sites (N-methyl/N-ethyl adjacent to an activating group) is 1. The van der Waals surface area contributed by atoms with Crippen LogP contribution in [-0.4, -0.2) is 18.5 Å². The summed E-state index contributed by atoms with van der Waals surface area (Å²) in [5, 5.41) is 0. The Kier molecular flexibility index (Phi) is 2.92. The van der Waals surface area contributed by atoms with Gasteiger partial charge in [-0.25, -0.2) is 0 Å². The van der Waals surface area contributed by atoms with Crippen LogP contribution in [0.25, 0.3) is 11.1 Å². The van der Waals surface area contributed by atoms with Gasteiger partial charge in [0.1, 0.15) is 0 Å². The minimum Gasteiger partial charge on any atom is -0.302 e. The predicted molar refractivity (Wildman–Crippen MR) is 76.7 cm³/mol. The van der Waals surface area contributed by atoms with E-state index < -0.39 is 0 Å². The van der Waals surface area contributed by atoms with Crippen molar-refractivity contribution in [3.8, 4) is 11.1 Å². The van der Waals surface area contributed by atoms with E-state index in [4.69, 9.17) is 0 Å². The molecule has 0 aromatic heterocycles. The molecule has 0 unspecified atom stereocenters. The van der Waals surface area contributed by atoms with Crippen molar-refractivity contribution < 1.29 is 0 Å². The minimum atomic E-state index is 1.09. The lowest BCUT2D eigenvalue weighted by Crippen LogP contribution is -2.26. The monoisotopic (exact) mass is 237 g/mol. The first-order chi connectivity index (χ1) is 8.74. The quantitative estimate of drug-likeness (QED) is 0.731. The second-order valence-electron chi connectivity index (χ2n) is 5.29. The average Bonchev–Trinajstić information content (AvgIpc) is 2.39. The molecule has 0 aliphatic carbocycles. The van der Waals surface area contributed by atoms with Crippen molar-refractivity contribution in [2.45, 2.75) is 19.9 Å². The third-order valence-electron chi connectivity index (χ3n) is 3.87. The summed E-state index contributed by atoms with van der Waals surface area (Å²) in [6, 6.07) is 15.6. The van der Waals surface area contributed by atoms with Gasteiger partial charge >= 0.3 is 0 Å². The molecule has 0 saturated carbocycles. The molecule has 2 aromatic rings. The topological polar surface area (TPSA) is 3.24 Å². The highest BCUT2D eigenvalue weighted by Crippen LogP contribution is 2.27. The molecule has 0 fully saturated rings. The van der Waals surface area contributed by atoms with E-state index in [0.29, 0.717) is 0 Å². The molecular weight excluding hydrogens is 218 g/mol. The normalized spacial score (nSPS) is 15.4. The van der Waals surface area contributed by atoms with Gasteiger partial charge < -0.3 is 4.90 Å². The molecule has 1 aliphatic rings. The molecule has 18 heavy (non-hydrogen) atoms. The molecule has 0 N–H and O–H groups in total. The van der Waals surface area contributed by atoms with E-state index in [2.05, 4.69) is 61.3 Å². The van der Waals surface area contributed by atoms with Crippen LogP contribution < -0.4 is 0 Å². The minimum absolute atomic E-state index is 1.09. The van der Waals surface area contributed by atoms with Gasteiger partial charge in [0.05, 0.1) is 0 Å². The van der Waals surface area contributed by atoms with Crippen LogP contribution in [0, 0.1) is 6.92 Å². The van der Waals surface area contributed by atoms with Gasteiger partial charge in [0.2, 0.25) is 0 Å². The van der Waals surface area contributed by atoms with Gasteiger partial charge in [-0.05, 0) is 48.2 Å². The molecule has 0 atom stereocenters. The zero-order valence-electron chi connectivity index (χ0n) is 11.1. The highest BCUT2D eigenvalue weighted by atomic mass is 15.1. The van der Waals surface area contributed by atoms with Crippen molar-refractivity contribution in [2.24, 2.45) is 0 Å². The molecule has 3 rings (SSSR count). The summed E-state index contributed by atoms with van der Waals surface area (Å²) in [5.74, 6) is 0. The second-order valence-corrected chi connectivity index (χ2v) is 5.29. The Morgan fingerprint density at radius 1 is 1.00 bits per heavy atom. The van der Waals surface area contributed by atoms with Crippen molar-refractivity contribution in [1.82, 2.24) is 4.90 Å². The molecule has 1 nitrogen and oxygen atoms in total. The highest BCUT2D eigenvalue weighted by molar-refractivity contribution is 5.68. The Morgan fingerprint density at radius 3 is 2.67 bits per heavy atom. The van der Waals surface area contributed by atoms with Crippen LogP contribution in [0.5, 0.6) is 0 Å². The summed E-state index contributed by atoms with van der Waals surface area (Å²) in [7, 11) is 2.19. The Morgan fingerprint density at radius 2 is 1.83 bits per heavy atom. The number of hydrogen-bond acceptors (Lipinski definition) is 1. The van der Waals surface area contributed by atoms with Gasteiger partial charge in [-0.2, -0.15) is 0 Å². The fraction of sp³-hybridized carbons (Fsp3) is 0.294. The average molecular weight is 237 g/mol. The first-order valence-corrected chi connectivity index (χ1v) is 6.60. The predicted octanol–water partition coefficient (Wildman–Crippen LogP) is 3.65. The first-order valence-electron chi connectivity index (χ1n) is 6.60. The van der Waals surface area contributed by atoms with Crippen molar-refractivity contribution in [3.05, 3.63) is 59.2 Å². The Bertz CT molecular complexity index is 572. The van der Waals surface area contributed by atoms with Gasteiger partial charge in [0.25, 0.3) is 0 Å². The number of hydrogen-bond donors (Lipinski definition) is 0. The molecular formula is C17H19N. The fourth-order valence-corrected chi connectivity index (χ4v) is 2.76. The summed E-state index contributed by atoms with van der Waals surface area (Å²) in [4.78, 5) is 2.38. The maximum atomic E-state index is 2.38. The number of benzene rings is 2. The number of fused-ring (bicyclic) bond motifs is 1. The van der Waals surface area contributed by atoms with Crippen molar-refractivity contribution >= 4 is 0 Å². The van der Waals surface area contributed by atoms with Crippen LogP contribution >= 0.6 is 0 Å². The number of nitrogens with zero attached hydrogens (tertiary/aromatic N) is 1. The van der Waals surface area contributed by atoms with E-state index in [1.165, 1.54) is 40.8 Å². The number of rotatable bonds is 1.